The van der Waals surface area contributed by atoms with Gasteiger partial charge in [0.15, 0.2) is 11.5 Å². The molecule has 2 aromatic heterocycles. The van der Waals surface area contributed by atoms with Gasteiger partial charge in [-0.15, -0.1) is 0 Å². The summed E-state index contributed by atoms with van der Waals surface area (Å²) in [5, 5.41) is 11.2. The molecule has 0 aliphatic rings. The minimum Gasteiger partial charge on any atom is -0.383 e. The van der Waals surface area contributed by atoms with Crippen LogP contribution in [0.2, 0.25) is 0 Å². The number of H-pyrrole nitrogens is 1. The molecule has 0 fully saturated rings. The predicted octanol–water partition coefficient (Wildman–Crippen LogP) is 3.65. The smallest absolute Gasteiger partial charge is 0.188 e. The van der Waals surface area contributed by atoms with Crippen molar-refractivity contribution in [1.82, 2.24) is 20.2 Å². The Hall–Kier alpha value is -3.41. The van der Waals surface area contributed by atoms with Gasteiger partial charge in [0.2, 0.25) is 0 Å². The minimum absolute atomic E-state index is 0.391. The van der Waals surface area contributed by atoms with Crippen LogP contribution in [0.25, 0.3) is 22.4 Å². The lowest BCUT2D eigenvalue weighted by atomic mass is 10.2. The Morgan fingerprint density at radius 2 is 1.71 bits per heavy atom. The van der Waals surface area contributed by atoms with Crippen molar-refractivity contribution in [1.29, 1.82) is 0 Å². The second-order valence-corrected chi connectivity index (χ2v) is 5.59. The molecule has 2 aromatic carbocycles. The predicted molar refractivity (Wildman–Crippen MR) is 96.0 cm³/mol. The van der Waals surface area contributed by atoms with Crippen molar-refractivity contribution < 1.29 is 0 Å². The first-order chi connectivity index (χ1) is 11.7. The number of benzene rings is 2. The van der Waals surface area contributed by atoms with Gasteiger partial charge in [0.1, 0.15) is 17.0 Å². The SMILES string of the molecule is Cc1ccc(Nc2[nH]nc3nc(-c4ccccc4)nc(N)c23)cc1. The fourth-order valence-electron chi connectivity index (χ4n) is 2.54. The van der Waals surface area contributed by atoms with E-state index in [2.05, 4.69) is 25.5 Å². The van der Waals surface area contributed by atoms with Gasteiger partial charge >= 0.3 is 0 Å². The largest absolute Gasteiger partial charge is 0.383 e. The highest BCUT2D eigenvalue weighted by Crippen LogP contribution is 2.29. The van der Waals surface area contributed by atoms with Crippen LogP contribution in [0.3, 0.4) is 0 Å². The van der Waals surface area contributed by atoms with Crippen molar-refractivity contribution in [2.45, 2.75) is 6.92 Å². The van der Waals surface area contributed by atoms with Crippen LogP contribution in [0.5, 0.6) is 0 Å². The Kier molecular flexibility index (Phi) is 3.35. The molecule has 0 bridgehead atoms. The molecule has 4 rings (SSSR count). The fourth-order valence-corrected chi connectivity index (χ4v) is 2.54. The first-order valence-electron chi connectivity index (χ1n) is 7.61. The Morgan fingerprint density at radius 1 is 0.958 bits per heavy atom. The Morgan fingerprint density at radius 3 is 2.46 bits per heavy atom. The third kappa shape index (κ3) is 2.54. The number of aromatic nitrogens is 4. The number of nitrogens with one attached hydrogen (secondary N) is 2. The van der Waals surface area contributed by atoms with E-state index in [0.717, 1.165) is 11.3 Å². The number of nitrogens with two attached hydrogens (primary N) is 1. The molecule has 0 aliphatic carbocycles. The number of aryl methyl sites for hydroxylation is 1. The van der Waals surface area contributed by atoms with Crippen molar-refractivity contribution in [2.24, 2.45) is 0 Å². The average molecular weight is 316 g/mol. The molecule has 0 aliphatic heterocycles. The fraction of sp³-hybridized carbons (Fsp3) is 0.0556. The van der Waals surface area contributed by atoms with E-state index >= 15 is 0 Å². The molecule has 0 unspecified atom stereocenters. The number of nitrogen functional groups attached to an aromatic ring is 1. The van der Waals surface area contributed by atoms with Crippen LogP contribution >= 0.6 is 0 Å². The van der Waals surface area contributed by atoms with Gasteiger partial charge < -0.3 is 11.1 Å². The molecule has 6 nitrogen and oxygen atoms in total. The molecule has 6 heteroatoms. The van der Waals surface area contributed by atoms with Gasteiger partial charge in [-0.3, -0.25) is 5.10 Å². The second kappa shape index (κ2) is 5.66. The second-order valence-electron chi connectivity index (χ2n) is 5.59. The lowest BCUT2D eigenvalue weighted by Crippen LogP contribution is -1.98. The van der Waals surface area contributed by atoms with Crippen LogP contribution < -0.4 is 11.1 Å². The first-order valence-corrected chi connectivity index (χ1v) is 7.61. The lowest BCUT2D eigenvalue weighted by Gasteiger charge is -2.06. The van der Waals surface area contributed by atoms with Crippen LogP contribution in [0.15, 0.2) is 54.6 Å². The lowest BCUT2D eigenvalue weighted by molar-refractivity contribution is 1.09. The van der Waals surface area contributed by atoms with E-state index in [1.165, 1.54) is 5.56 Å². The van der Waals surface area contributed by atoms with Crippen molar-refractivity contribution >= 4 is 28.4 Å². The highest BCUT2D eigenvalue weighted by molar-refractivity contribution is 5.97. The number of hydrogen-bond donors (Lipinski definition) is 3. The summed E-state index contributed by atoms with van der Waals surface area (Å²) in [4.78, 5) is 8.94. The zero-order valence-electron chi connectivity index (χ0n) is 13.1. The van der Waals surface area contributed by atoms with E-state index in [0.29, 0.717) is 28.5 Å². The maximum absolute atomic E-state index is 6.17. The van der Waals surface area contributed by atoms with Crippen LogP contribution in [0.4, 0.5) is 17.3 Å². The maximum Gasteiger partial charge on any atom is 0.188 e. The monoisotopic (exact) mass is 316 g/mol. The quantitative estimate of drug-likeness (QED) is 0.536. The third-order valence-corrected chi connectivity index (χ3v) is 3.79. The summed E-state index contributed by atoms with van der Waals surface area (Å²) in [5.41, 5.74) is 9.75. The molecule has 0 saturated carbocycles. The van der Waals surface area contributed by atoms with Crippen LogP contribution in [-0.2, 0) is 0 Å². The number of hydrogen-bond acceptors (Lipinski definition) is 5. The van der Waals surface area contributed by atoms with Crippen LogP contribution in [0, 0.1) is 6.92 Å². The van der Waals surface area contributed by atoms with Gasteiger partial charge in [-0.1, -0.05) is 48.0 Å². The van der Waals surface area contributed by atoms with Gasteiger partial charge in [-0.25, -0.2) is 9.97 Å². The summed E-state index contributed by atoms with van der Waals surface area (Å²) >= 11 is 0. The minimum atomic E-state index is 0.391. The summed E-state index contributed by atoms with van der Waals surface area (Å²) in [6.45, 7) is 2.05. The molecule has 2 heterocycles. The van der Waals surface area contributed by atoms with Gasteiger partial charge in [0.05, 0.1) is 0 Å². The molecule has 0 spiro atoms. The van der Waals surface area contributed by atoms with E-state index in [4.69, 9.17) is 5.73 Å². The Labute approximate surface area is 138 Å². The van der Waals surface area contributed by atoms with E-state index in [9.17, 15) is 0 Å². The molecule has 0 atom stereocenters. The topological polar surface area (TPSA) is 92.5 Å². The zero-order valence-corrected chi connectivity index (χ0v) is 13.1. The third-order valence-electron chi connectivity index (χ3n) is 3.79. The highest BCUT2D eigenvalue weighted by atomic mass is 15.2. The summed E-state index contributed by atoms with van der Waals surface area (Å²) in [6.07, 6.45) is 0. The normalized spacial score (nSPS) is 10.9. The summed E-state index contributed by atoms with van der Waals surface area (Å²) in [7, 11) is 0. The van der Waals surface area contributed by atoms with E-state index in [-0.39, 0.29) is 0 Å². The highest BCUT2D eigenvalue weighted by Gasteiger charge is 2.14. The van der Waals surface area contributed by atoms with Crippen molar-refractivity contribution in [3.8, 4) is 11.4 Å². The van der Waals surface area contributed by atoms with Gasteiger partial charge in [-0.2, -0.15) is 5.10 Å². The molecule has 0 amide bonds. The van der Waals surface area contributed by atoms with Crippen LogP contribution in [-0.4, -0.2) is 20.2 Å². The Balaban J connectivity index is 1.75. The van der Waals surface area contributed by atoms with Crippen molar-refractivity contribution in [2.75, 3.05) is 11.1 Å². The molecule has 0 radical (unpaired) electrons. The zero-order chi connectivity index (χ0) is 16.5. The van der Waals surface area contributed by atoms with Gasteiger partial charge in [-0.05, 0) is 19.1 Å². The summed E-state index contributed by atoms with van der Waals surface area (Å²) in [6, 6.07) is 17.8. The number of fused-ring (bicyclic) bond motifs is 1. The van der Waals surface area contributed by atoms with Crippen LogP contribution in [0.1, 0.15) is 5.56 Å². The summed E-state index contributed by atoms with van der Waals surface area (Å²) < 4.78 is 0. The number of anilines is 3. The molecular formula is C18H16N6. The summed E-state index contributed by atoms with van der Waals surface area (Å²) in [5.74, 6) is 1.64. The molecule has 4 aromatic rings. The number of rotatable bonds is 3. The molecule has 0 saturated heterocycles. The Bertz CT molecular complexity index is 989. The molecule has 24 heavy (non-hydrogen) atoms. The van der Waals surface area contributed by atoms with E-state index < -0.39 is 0 Å². The molecule has 118 valence electrons. The number of aromatic amines is 1. The van der Waals surface area contributed by atoms with E-state index in [1.54, 1.807) is 0 Å². The molecule has 4 N–H and O–H groups in total. The maximum atomic E-state index is 6.17. The first kappa shape index (κ1) is 14.2. The molecular weight excluding hydrogens is 300 g/mol. The standard InChI is InChI=1S/C18H16N6/c1-11-7-9-13(10-8-11)20-17-14-15(19)21-16(22-18(14)24-23-17)12-5-3-2-4-6-12/h2-10H,1H3,(H4,19,20,21,22,23,24). The van der Waals surface area contributed by atoms with Crippen molar-refractivity contribution in [3.05, 3.63) is 60.2 Å². The number of nitrogens with zero attached hydrogens (tertiary/aromatic N) is 3. The van der Waals surface area contributed by atoms with Gasteiger partial charge in [0.25, 0.3) is 0 Å². The van der Waals surface area contributed by atoms with Gasteiger partial charge in [0, 0.05) is 11.3 Å². The van der Waals surface area contributed by atoms with Crippen molar-refractivity contribution in [3.63, 3.8) is 0 Å². The average Bonchev–Trinajstić information content (AvgIpc) is 3.01. The van der Waals surface area contributed by atoms with E-state index in [1.807, 2.05) is 61.5 Å².